The lowest BCUT2D eigenvalue weighted by atomic mass is 10.1. The van der Waals surface area contributed by atoms with E-state index >= 15 is 0 Å². The number of aryl methyl sites for hydroxylation is 1. The summed E-state index contributed by atoms with van der Waals surface area (Å²) in [7, 11) is 1.73. The fourth-order valence-electron chi connectivity index (χ4n) is 1.28. The lowest BCUT2D eigenvalue weighted by molar-refractivity contribution is 0.0698. The predicted octanol–water partition coefficient (Wildman–Crippen LogP) is 1.58. The third-order valence-electron chi connectivity index (χ3n) is 2.18. The van der Waals surface area contributed by atoms with Gasteiger partial charge in [-0.2, -0.15) is 5.10 Å². The van der Waals surface area contributed by atoms with E-state index in [-0.39, 0.29) is 5.56 Å². The standard InChI is InChI=1S/C10H17N3O2/c1-7(2)4-5-11-9-8(10(14)15)6-12-13(9)3/h6-7,11H,4-5H2,1-3H3,(H,14,15). The number of aromatic carboxylic acids is 1. The molecule has 1 heterocycles. The van der Waals surface area contributed by atoms with Crippen molar-refractivity contribution in [1.82, 2.24) is 9.78 Å². The van der Waals surface area contributed by atoms with Crippen LogP contribution in [0.15, 0.2) is 6.20 Å². The molecule has 0 aliphatic rings. The van der Waals surface area contributed by atoms with Crippen molar-refractivity contribution >= 4 is 11.8 Å². The second-order valence-electron chi connectivity index (χ2n) is 3.94. The van der Waals surface area contributed by atoms with E-state index in [0.717, 1.165) is 13.0 Å². The summed E-state index contributed by atoms with van der Waals surface area (Å²) < 4.78 is 1.55. The number of carbonyl (C=O) groups is 1. The second-order valence-corrected chi connectivity index (χ2v) is 3.94. The van der Waals surface area contributed by atoms with Crippen LogP contribution in [0.1, 0.15) is 30.6 Å². The van der Waals surface area contributed by atoms with Gasteiger partial charge in [-0.15, -0.1) is 0 Å². The molecule has 0 saturated heterocycles. The summed E-state index contributed by atoms with van der Waals surface area (Å²) in [6, 6.07) is 0. The van der Waals surface area contributed by atoms with Gasteiger partial charge >= 0.3 is 5.97 Å². The minimum absolute atomic E-state index is 0.223. The number of rotatable bonds is 5. The largest absolute Gasteiger partial charge is 0.477 e. The number of carboxylic acid groups (broad SMARTS) is 1. The van der Waals surface area contributed by atoms with E-state index in [4.69, 9.17) is 5.11 Å². The highest BCUT2D eigenvalue weighted by molar-refractivity contribution is 5.92. The fourth-order valence-corrected chi connectivity index (χ4v) is 1.28. The number of nitrogens with one attached hydrogen (secondary N) is 1. The number of nitrogens with zero attached hydrogens (tertiary/aromatic N) is 2. The summed E-state index contributed by atoms with van der Waals surface area (Å²) >= 11 is 0. The van der Waals surface area contributed by atoms with E-state index in [1.54, 1.807) is 11.7 Å². The summed E-state index contributed by atoms with van der Waals surface area (Å²) in [5.74, 6) is 0.220. The van der Waals surface area contributed by atoms with E-state index in [1.165, 1.54) is 6.20 Å². The van der Waals surface area contributed by atoms with Gasteiger partial charge in [-0.25, -0.2) is 4.79 Å². The van der Waals surface area contributed by atoms with Gasteiger partial charge in [0.05, 0.1) is 6.20 Å². The lowest BCUT2D eigenvalue weighted by Gasteiger charge is -2.09. The molecule has 0 saturated carbocycles. The number of hydrogen-bond donors (Lipinski definition) is 2. The molecule has 0 aliphatic carbocycles. The third-order valence-corrected chi connectivity index (χ3v) is 2.18. The number of carboxylic acids is 1. The molecule has 84 valence electrons. The Hall–Kier alpha value is -1.52. The molecule has 0 atom stereocenters. The molecule has 0 unspecified atom stereocenters. The SMILES string of the molecule is CC(C)CCNc1c(C(=O)O)cnn1C. The van der Waals surface area contributed by atoms with Crippen LogP contribution in [0, 0.1) is 5.92 Å². The quantitative estimate of drug-likeness (QED) is 0.776. The zero-order chi connectivity index (χ0) is 11.4. The van der Waals surface area contributed by atoms with Gasteiger partial charge < -0.3 is 10.4 Å². The Morgan fingerprint density at radius 3 is 2.87 bits per heavy atom. The van der Waals surface area contributed by atoms with Crippen molar-refractivity contribution in [3.63, 3.8) is 0 Å². The zero-order valence-electron chi connectivity index (χ0n) is 9.32. The summed E-state index contributed by atoms with van der Waals surface area (Å²) in [5, 5.41) is 15.9. The summed E-state index contributed by atoms with van der Waals surface area (Å²) in [4.78, 5) is 10.8. The Labute approximate surface area is 89.1 Å². The summed E-state index contributed by atoms with van der Waals surface area (Å²) in [6.45, 7) is 5.02. The predicted molar refractivity (Wildman–Crippen MR) is 58.1 cm³/mol. The first-order valence-corrected chi connectivity index (χ1v) is 5.01. The molecule has 0 radical (unpaired) electrons. The van der Waals surface area contributed by atoms with Gasteiger partial charge in [-0.1, -0.05) is 13.8 Å². The maximum Gasteiger partial charge on any atom is 0.341 e. The fraction of sp³-hybridized carbons (Fsp3) is 0.600. The van der Waals surface area contributed by atoms with Crippen LogP contribution >= 0.6 is 0 Å². The molecule has 1 rings (SSSR count). The van der Waals surface area contributed by atoms with Gasteiger partial charge in [-0.3, -0.25) is 4.68 Å². The molecule has 0 aromatic carbocycles. The molecule has 2 N–H and O–H groups in total. The third kappa shape index (κ3) is 2.97. The first-order chi connectivity index (χ1) is 7.02. The van der Waals surface area contributed by atoms with Gasteiger partial charge in [0.25, 0.3) is 0 Å². The molecule has 0 amide bonds. The Bertz CT molecular complexity index is 344. The van der Waals surface area contributed by atoms with Crippen LogP contribution in [0.5, 0.6) is 0 Å². The first-order valence-electron chi connectivity index (χ1n) is 5.01. The van der Waals surface area contributed by atoms with Crippen molar-refractivity contribution in [2.75, 3.05) is 11.9 Å². The van der Waals surface area contributed by atoms with E-state index in [1.807, 2.05) is 0 Å². The zero-order valence-corrected chi connectivity index (χ0v) is 9.32. The highest BCUT2D eigenvalue weighted by atomic mass is 16.4. The second kappa shape index (κ2) is 4.82. The van der Waals surface area contributed by atoms with Crippen LogP contribution in [0.3, 0.4) is 0 Å². The number of hydrogen-bond acceptors (Lipinski definition) is 3. The van der Waals surface area contributed by atoms with Crippen molar-refractivity contribution < 1.29 is 9.90 Å². The summed E-state index contributed by atoms with van der Waals surface area (Å²) in [5.41, 5.74) is 0.223. The average Bonchev–Trinajstić information content (AvgIpc) is 2.47. The molecule has 0 spiro atoms. The van der Waals surface area contributed by atoms with E-state index in [0.29, 0.717) is 11.7 Å². The minimum atomic E-state index is -0.949. The van der Waals surface area contributed by atoms with Crippen molar-refractivity contribution in [3.05, 3.63) is 11.8 Å². The number of anilines is 1. The molecular weight excluding hydrogens is 194 g/mol. The van der Waals surface area contributed by atoms with Crippen molar-refractivity contribution in [2.45, 2.75) is 20.3 Å². The lowest BCUT2D eigenvalue weighted by Crippen LogP contribution is -2.11. The maximum atomic E-state index is 10.8. The first kappa shape index (κ1) is 11.6. The normalized spacial score (nSPS) is 10.7. The van der Waals surface area contributed by atoms with Crippen molar-refractivity contribution in [2.24, 2.45) is 13.0 Å². The topological polar surface area (TPSA) is 67.2 Å². The molecule has 5 heteroatoms. The van der Waals surface area contributed by atoms with Gasteiger partial charge in [0.1, 0.15) is 11.4 Å². The highest BCUT2D eigenvalue weighted by Crippen LogP contribution is 2.14. The smallest absolute Gasteiger partial charge is 0.341 e. The van der Waals surface area contributed by atoms with Gasteiger partial charge in [0.15, 0.2) is 0 Å². The molecule has 1 aromatic rings. The van der Waals surface area contributed by atoms with E-state index in [9.17, 15) is 4.79 Å². The van der Waals surface area contributed by atoms with Crippen LogP contribution in [-0.2, 0) is 7.05 Å². The molecule has 0 bridgehead atoms. The monoisotopic (exact) mass is 211 g/mol. The van der Waals surface area contributed by atoms with Crippen LogP contribution in [-0.4, -0.2) is 27.4 Å². The van der Waals surface area contributed by atoms with Crippen LogP contribution in [0.4, 0.5) is 5.82 Å². The van der Waals surface area contributed by atoms with Crippen molar-refractivity contribution in [1.29, 1.82) is 0 Å². The summed E-state index contributed by atoms with van der Waals surface area (Å²) in [6.07, 6.45) is 2.37. The average molecular weight is 211 g/mol. The molecule has 0 aliphatic heterocycles. The van der Waals surface area contributed by atoms with Crippen LogP contribution < -0.4 is 5.32 Å². The van der Waals surface area contributed by atoms with E-state index < -0.39 is 5.97 Å². The van der Waals surface area contributed by atoms with Crippen molar-refractivity contribution in [3.8, 4) is 0 Å². The molecular formula is C10H17N3O2. The minimum Gasteiger partial charge on any atom is -0.477 e. The molecule has 0 fully saturated rings. The van der Waals surface area contributed by atoms with Gasteiger partial charge in [0.2, 0.25) is 0 Å². The Morgan fingerprint density at radius 1 is 1.67 bits per heavy atom. The molecule has 15 heavy (non-hydrogen) atoms. The Kier molecular flexibility index (Phi) is 3.71. The Morgan fingerprint density at radius 2 is 2.33 bits per heavy atom. The van der Waals surface area contributed by atoms with Gasteiger partial charge in [-0.05, 0) is 12.3 Å². The highest BCUT2D eigenvalue weighted by Gasteiger charge is 2.14. The number of aromatic nitrogens is 2. The molecule has 5 nitrogen and oxygen atoms in total. The van der Waals surface area contributed by atoms with Crippen LogP contribution in [0.2, 0.25) is 0 Å². The maximum absolute atomic E-state index is 10.8. The van der Waals surface area contributed by atoms with E-state index in [2.05, 4.69) is 24.3 Å². The van der Waals surface area contributed by atoms with Crippen LogP contribution in [0.25, 0.3) is 0 Å². The Balaban J connectivity index is 2.66. The van der Waals surface area contributed by atoms with Gasteiger partial charge in [0, 0.05) is 13.6 Å². The molecule has 1 aromatic heterocycles.